The van der Waals surface area contributed by atoms with Crippen molar-refractivity contribution in [1.29, 1.82) is 0 Å². The Morgan fingerprint density at radius 2 is 2.00 bits per heavy atom. The first kappa shape index (κ1) is 9.82. The van der Waals surface area contributed by atoms with E-state index in [9.17, 15) is 0 Å². The van der Waals surface area contributed by atoms with Gasteiger partial charge in [0.2, 0.25) is 0 Å². The fourth-order valence-corrected chi connectivity index (χ4v) is 4.15. The number of piperidine rings is 1. The Morgan fingerprint density at radius 1 is 1.23 bits per heavy atom. The topological polar surface area (TPSA) is 21.7 Å². The first-order chi connectivity index (χ1) is 12.9. The van der Waals surface area contributed by atoms with Gasteiger partial charge >= 0.3 is 0 Å². The molecule has 3 heteroatoms. The summed E-state index contributed by atoms with van der Waals surface area (Å²) < 4.78 is 54.5. The molecule has 1 aromatic rings. The molecule has 2 atom stereocenters. The fourth-order valence-electron chi connectivity index (χ4n) is 4.15. The zero-order valence-electron chi connectivity index (χ0n) is 19.4. The van der Waals surface area contributed by atoms with Crippen LogP contribution in [0.3, 0.4) is 0 Å². The summed E-state index contributed by atoms with van der Waals surface area (Å²) in [5, 5.41) is 0. The minimum absolute atomic E-state index is 0.0268. The van der Waals surface area contributed by atoms with E-state index in [1.165, 1.54) is 6.42 Å². The van der Waals surface area contributed by atoms with Crippen LogP contribution < -0.4 is 9.47 Å². The number of ether oxygens (including phenoxy) is 2. The molecule has 0 saturated carbocycles. The highest BCUT2D eigenvalue weighted by molar-refractivity contribution is 5.49. The van der Waals surface area contributed by atoms with Crippen LogP contribution in [0, 0.1) is 11.8 Å². The third-order valence-corrected chi connectivity index (χ3v) is 5.04. The first-order valence-corrected chi connectivity index (χ1v) is 8.20. The Balaban J connectivity index is 1.90. The van der Waals surface area contributed by atoms with E-state index in [1.807, 2.05) is 0 Å². The van der Waals surface area contributed by atoms with E-state index in [1.54, 1.807) is 12.1 Å². The summed E-state index contributed by atoms with van der Waals surface area (Å²) in [7, 11) is -5.35. The summed E-state index contributed by atoms with van der Waals surface area (Å²) in [6.07, 6.45) is 4.15. The van der Waals surface area contributed by atoms with Gasteiger partial charge in [-0.3, -0.25) is 4.90 Å². The maximum absolute atomic E-state index is 7.42. The Hall–Kier alpha value is -1.22. The Kier molecular flexibility index (Phi) is 2.90. The van der Waals surface area contributed by atoms with Gasteiger partial charge < -0.3 is 9.47 Å². The molecule has 2 aliphatic heterocycles. The van der Waals surface area contributed by atoms with Gasteiger partial charge in [0.05, 0.1) is 22.3 Å². The van der Waals surface area contributed by atoms with Crippen molar-refractivity contribution < 1.29 is 17.7 Å². The Morgan fingerprint density at radius 3 is 2.73 bits per heavy atom. The molecule has 0 radical (unpaired) electrons. The lowest BCUT2D eigenvalue weighted by atomic mass is 9.81. The molecule has 1 saturated heterocycles. The van der Waals surface area contributed by atoms with Gasteiger partial charge in [-0.1, -0.05) is 13.8 Å². The lowest BCUT2D eigenvalue weighted by molar-refractivity contribution is 0.0894. The lowest BCUT2D eigenvalue weighted by Crippen LogP contribution is -2.42. The van der Waals surface area contributed by atoms with E-state index < -0.39 is 14.1 Å². The second-order valence-electron chi connectivity index (χ2n) is 7.04. The lowest BCUT2D eigenvalue weighted by Gasteiger charge is -2.44. The van der Waals surface area contributed by atoms with Crippen molar-refractivity contribution in [3.8, 4) is 11.5 Å². The van der Waals surface area contributed by atoms with Crippen LogP contribution in [-0.2, 0) is 6.42 Å². The average Bonchev–Trinajstić information content (AvgIpc) is 2.52. The molecular weight excluding hydrogens is 274 g/mol. The third-order valence-electron chi connectivity index (χ3n) is 5.04. The molecule has 1 fully saturated rings. The number of fused-ring (bicyclic) bond motifs is 3. The molecule has 0 amide bonds. The number of benzene rings is 1. The fraction of sp³-hybridized carbons (Fsp3) is 0.684. The van der Waals surface area contributed by atoms with E-state index in [0.717, 1.165) is 43.5 Å². The van der Waals surface area contributed by atoms with Gasteiger partial charge in [-0.2, -0.15) is 0 Å². The molecule has 3 rings (SSSR count). The van der Waals surface area contributed by atoms with Crippen LogP contribution in [0.1, 0.15) is 58.5 Å². The van der Waals surface area contributed by atoms with Crippen molar-refractivity contribution >= 4 is 0 Å². The van der Waals surface area contributed by atoms with Crippen molar-refractivity contribution in [2.24, 2.45) is 11.8 Å². The monoisotopic (exact) mass is 309 g/mol. The number of nitrogens with zero attached hydrogens (tertiary/aromatic N) is 1. The molecule has 0 bridgehead atoms. The number of methoxy groups -OCH3 is 2. The van der Waals surface area contributed by atoms with E-state index in [0.29, 0.717) is 11.8 Å². The zero-order valence-corrected chi connectivity index (χ0v) is 13.4. The maximum Gasteiger partial charge on any atom is 0.161 e. The summed E-state index contributed by atoms with van der Waals surface area (Å²) in [6, 6.07) is 3.55. The molecule has 0 spiro atoms. The predicted molar refractivity (Wildman–Crippen MR) is 89.7 cm³/mol. The van der Waals surface area contributed by atoms with Gasteiger partial charge in [0, 0.05) is 19.1 Å². The minimum atomic E-state index is -2.68. The second kappa shape index (κ2) is 6.49. The van der Waals surface area contributed by atoms with Gasteiger partial charge in [-0.05, 0) is 60.8 Å². The molecule has 2 heterocycles. The van der Waals surface area contributed by atoms with Gasteiger partial charge in [0.1, 0.15) is 0 Å². The number of hydrogen-bond acceptors (Lipinski definition) is 3. The third kappa shape index (κ3) is 2.96. The van der Waals surface area contributed by atoms with Crippen molar-refractivity contribution in [3.05, 3.63) is 23.3 Å². The average molecular weight is 309 g/mol. The first-order valence-electron chi connectivity index (χ1n) is 11.2. The normalized spacial score (nSPS) is 30.0. The molecule has 122 valence electrons. The van der Waals surface area contributed by atoms with Crippen molar-refractivity contribution in [3.63, 3.8) is 0 Å². The predicted octanol–water partition coefficient (Wildman–Crippen LogP) is 4.06. The van der Waals surface area contributed by atoms with Crippen molar-refractivity contribution in [2.45, 2.75) is 45.6 Å². The molecule has 2 aliphatic rings. The molecule has 3 nitrogen and oxygen atoms in total. The van der Waals surface area contributed by atoms with Gasteiger partial charge in [0.25, 0.3) is 0 Å². The van der Waals surface area contributed by atoms with Crippen LogP contribution in [0.25, 0.3) is 0 Å². The van der Waals surface area contributed by atoms with Crippen LogP contribution in [0.2, 0.25) is 0 Å². The van der Waals surface area contributed by atoms with E-state index in [4.69, 9.17) is 17.7 Å². The van der Waals surface area contributed by atoms with Crippen LogP contribution in [0.4, 0.5) is 0 Å². The zero-order chi connectivity index (χ0) is 20.7. The van der Waals surface area contributed by atoms with Crippen LogP contribution in [0.15, 0.2) is 12.1 Å². The van der Waals surface area contributed by atoms with Crippen LogP contribution in [-0.4, -0.2) is 32.1 Å². The summed E-state index contributed by atoms with van der Waals surface area (Å²) in [6.45, 7) is 6.47. The largest absolute Gasteiger partial charge is 0.493 e. The molecule has 1 aromatic carbocycles. The molecular formula is C19H29NO2. The van der Waals surface area contributed by atoms with E-state index in [2.05, 4.69) is 18.7 Å². The molecule has 22 heavy (non-hydrogen) atoms. The maximum atomic E-state index is 7.42. The molecule has 0 aromatic heterocycles. The van der Waals surface area contributed by atoms with Gasteiger partial charge in [0.15, 0.2) is 11.5 Å². The van der Waals surface area contributed by atoms with Crippen molar-refractivity contribution in [2.75, 3.05) is 27.2 Å². The van der Waals surface area contributed by atoms with Crippen LogP contribution in [0.5, 0.6) is 11.5 Å². The van der Waals surface area contributed by atoms with E-state index in [-0.39, 0.29) is 17.5 Å². The number of hydrogen-bond donors (Lipinski definition) is 0. The second-order valence-corrected chi connectivity index (χ2v) is 7.04. The Bertz CT molecular complexity index is 701. The summed E-state index contributed by atoms with van der Waals surface area (Å²) in [5.41, 5.74) is 2.05. The molecule has 0 aliphatic carbocycles. The minimum Gasteiger partial charge on any atom is -0.493 e. The standard InChI is InChI=1S/C19H29NO2/c1-13(2)9-14-5-6-17-16-11-19(22-4)18(21-3)10-15(16)7-8-20(17)12-14/h10-11,13-14,17H,5-9,12H2,1-4H3/t14-,17+/m0/s1/i3D3,4D3. The van der Waals surface area contributed by atoms with E-state index >= 15 is 0 Å². The smallest absolute Gasteiger partial charge is 0.161 e. The highest BCUT2D eigenvalue weighted by Crippen LogP contribution is 2.43. The number of rotatable bonds is 4. The molecule has 0 N–H and O–H groups in total. The highest BCUT2D eigenvalue weighted by Gasteiger charge is 2.34. The van der Waals surface area contributed by atoms with Crippen molar-refractivity contribution in [1.82, 2.24) is 4.90 Å². The molecule has 0 unspecified atom stereocenters. The Labute approximate surface area is 143 Å². The SMILES string of the molecule is [2H]C([2H])([2H])Oc1cc2c(cc1OC([2H])([2H])[2H])[C@H]1CC[C@@H](CC(C)C)CN1CC2. The summed E-state index contributed by atoms with van der Waals surface area (Å²) >= 11 is 0. The highest BCUT2D eigenvalue weighted by atomic mass is 16.5. The van der Waals surface area contributed by atoms with Gasteiger partial charge in [-0.25, -0.2) is 0 Å². The quantitative estimate of drug-likeness (QED) is 0.837. The van der Waals surface area contributed by atoms with Gasteiger partial charge in [-0.15, -0.1) is 0 Å². The summed E-state index contributed by atoms with van der Waals surface area (Å²) in [5.74, 6) is 1.31. The summed E-state index contributed by atoms with van der Waals surface area (Å²) in [4.78, 5) is 2.47. The van der Waals surface area contributed by atoms with Crippen LogP contribution >= 0.6 is 0 Å².